The van der Waals surface area contributed by atoms with Crippen LogP contribution in [0.4, 0.5) is 22.0 Å². The molecule has 0 radical (unpaired) electrons. The van der Waals surface area contributed by atoms with Gasteiger partial charge in [-0.25, -0.2) is 9.78 Å². The summed E-state index contributed by atoms with van der Waals surface area (Å²) >= 11 is 0. The summed E-state index contributed by atoms with van der Waals surface area (Å²) in [5.74, 6) is 0.926. The lowest BCUT2D eigenvalue weighted by Gasteiger charge is -2.36. The Morgan fingerprint density at radius 2 is 1.65 bits per heavy atom. The largest absolute Gasteiger partial charge is 0.368 e. The summed E-state index contributed by atoms with van der Waals surface area (Å²) in [6, 6.07) is 22.2. The van der Waals surface area contributed by atoms with E-state index in [0.29, 0.717) is 5.69 Å². The van der Waals surface area contributed by atoms with E-state index in [2.05, 4.69) is 62.3 Å². The van der Waals surface area contributed by atoms with Crippen molar-refractivity contribution in [2.45, 2.75) is 26.3 Å². The van der Waals surface area contributed by atoms with Gasteiger partial charge in [-0.05, 0) is 62.2 Å². The Kier molecular flexibility index (Phi) is 6.87. The van der Waals surface area contributed by atoms with Crippen LogP contribution in [0.5, 0.6) is 0 Å². The van der Waals surface area contributed by atoms with Crippen molar-refractivity contribution in [3.05, 3.63) is 90.6 Å². The second-order valence-electron chi connectivity index (χ2n) is 9.28. The van der Waals surface area contributed by atoms with Crippen LogP contribution in [-0.4, -0.2) is 37.2 Å². The molecule has 0 spiro atoms. The normalized spacial score (nSPS) is 14.0. The van der Waals surface area contributed by atoms with Crippen LogP contribution in [0.2, 0.25) is 0 Å². The molecule has 0 saturated carbocycles. The maximum absolute atomic E-state index is 12.7. The number of para-hydroxylation sites is 1. The fourth-order valence-electron chi connectivity index (χ4n) is 4.17. The van der Waals surface area contributed by atoms with Gasteiger partial charge in [-0.15, -0.1) is 0 Å². The smallest absolute Gasteiger partial charge is 0.319 e. The van der Waals surface area contributed by atoms with Crippen molar-refractivity contribution in [1.29, 1.82) is 0 Å². The van der Waals surface area contributed by atoms with Crippen LogP contribution < -0.4 is 20.4 Å². The van der Waals surface area contributed by atoms with Crippen LogP contribution in [0.15, 0.2) is 79.5 Å². The van der Waals surface area contributed by atoms with Crippen molar-refractivity contribution in [3.8, 4) is 0 Å². The monoisotopic (exact) mass is 455 g/mol. The van der Waals surface area contributed by atoms with Gasteiger partial charge in [0.05, 0.1) is 17.4 Å². The first-order valence-electron chi connectivity index (χ1n) is 11.7. The molecule has 2 aromatic carbocycles. The van der Waals surface area contributed by atoms with Crippen LogP contribution in [0.1, 0.15) is 31.9 Å². The Morgan fingerprint density at radius 1 is 0.941 bits per heavy atom. The number of carbonyl (C=O) groups excluding carboxylic acids is 1. The number of hydrogen-bond acceptors (Lipinski definition) is 4. The number of urea groups is 1. The average molecular weight is 456 g/mol. The molecule has 0 bridgehead atoms. The second kappa shape index (κ2) is 10.00. The highest BCUT2D eigenvalue weighted by atomic mass is 16.2. The van der Waals surface area contributed by atoms with Crippen molar-refractivity contribution in [1.82, 2.24) is 10.3 Å². The number of hydrogen-bond donors (Lipinski definition) is 2. The van der Waals surface area contributed by atoms with E-state index in [9.17, 15) is 4.79 Å². The molecule has 1 aliphatic heterocycles. The summed E-state index contributed by atoms with van der Waals surface area (Å²) in [7, 11) is 0. The highest BCUT2D eigenvalue weighted by Gasteiger charge is 2.23. The van der Waals surface area contributed by atoms with Gasteiger partial charge in [0.2, 0.25) is 0 Å². The lowest BCUT2D eigenvalue weighted by Crippen LogP contribution is -2.46. The maximum atomic E-state index is 12.7. The number of nitrogens with zero attached hydrogens (tertiary/aromatic N) is 3. The number of carbonyl (C=O) groups is 1. The van der Waals surface area contributed by atoms with Crippen molar-refractivity contribution < 1.29 is 4.79 Å². The van der Waals surface area contributed by atoms with E-state index in [0.717, 1.165) is 48.7 Å². The Bertz CT molecular complexity index is 1130. The van der Waals surface area contributed by atoms with Gasteiger partial charge in [0.15, 0.2) is 0 Å². The standard InChI is InChI=1S/C28H33N5O/c1-21(2)22-9-8-10-23(19-22)28(3,4)31-27(34)30-24-13-14-26(29-20-24)33-17-15-32(16-18-33)25-11-6-5-7-12-25/h5-14,19-20H,1,15-18H2,2-4H3,(H2,30,31,34). The Balaban J connectivity index is 1.32. The van der Waals surface area contributed by atoms with Gasteiger partial charge < -0.3 is 20.4 Å². The zero-order valence-corrected chi connectivity index (χ0v) is 20.2. The van der Waals surface area contributed by atoms with Gasteiger partial charge in [0, 0.05) is 31.9 Å². The molecule has 0 atom stereocenters. The summed E-state index contributed by atoms with van der Waals surface area (Å²) in [5.41, 5.74) is 4.46. The molecule has 6 heteroatoms. The van der Waals surface area contributed by atoms with E-state index in [1.807, 2.05) is 57.2 Å². The van der Waals surface area contributed by atoms with E-state index in [1.165, 1.54) is 5.69 Å². The van der Waals surface area contributed by atoms with Crippen LogP contribution in [0, 0.1) is 0 Å². The molecule has 3 aromatic rings. The Labute approximate surface area is 202 Å². The third-order valence-corrected chi connectivity index (χ3v) is 6.23. The minimum Gasteiger partial charge on any atom is -0.368 e. The van der Waals surface area contributed by atoms with E-state index >= 15 is 0 Å². The summed E-state index contributed by atoms with van der Waals surface area (Å²) in [5, 5.41) is 5.97. The van der Waals surface area contributed by atoms with Gasteiger partial charge in [-0.1, -0.05) is 48.6 Å². The number of nitrogens with one attached hydrogen (secondary N) is 2. The molecule has 2 amide bonds. The molecule has 2 heterocycles. The summed E-state index contributed by atoms with van der Waals surface area (Å²) in [4.78, 5) is 22.0. The van der Waals surface area contributed by atoms with Gasteiger partial charge >= 0.3 is 6.03 Å². The fraction of sp³-hybridized carbons (Fsp3) is 0.286. The predicted molar refractivity (Wildman–Crippen MR) is 141 cm³/mol. The van der Waals surface area contributed by atoms with E-state index in [4.69, 9.17) is 0 Å². The third-order valence-electron chi connectivity index (χ3n) is 6.23. The van der Waals surface area contributed by atoms with Gasteiger partial charge in [-0.2, -0.15) is 0 Å². The molecule has 0 aliphatic carbocycles. The third kappa shape index (κ3) is 5.57. The Morgan fingerprint density at radius 3 is 2.29 bits per heavy atom. The van der Waals surface area contributed by atoms with Crippen molar-refractivity contribution in [2.24, 2.45) is 0 Å². The minimum absolute atomic E-state index is 0.267. The number of allylic oxidation sites excluding steroid dienone is 1. The van der Waals surface area contributed by atoms with Crippen LogP contribution in [-0.2, 0) is 5.54 Å². The first kappa shape index (κ1) is 23.4. The fourth-order valence-corrected chi connectivity index (χ4v) is 4.17. The molecular weight excluding hydrogens is 422 g/mol. The first-order chi connectivity index (χ1) is 16.3. The van der Waals surface area contributed by atoms with E-state index in [1.54, 1.807) is 6.20 Å². The van der Waals surface area contributed by atoms with Crippen LogP contribution >= 0.6 is 0 Å². The molecule has 6 nitrogen and oxygen atoms in total. The zero-order valence-electron chi connectivity index (χ0n) is 20.2. The summed E-state index contributed by atoms with van der Waals surface area (Å²) in [6.45, 7) is 13.7. The number of rotatable bonds is 6. The molecule has 1 aromatic heterocycles. The quantitative estimate of drug-likeness (QED) is 0.515. The molecule has 4 rings (SSSR count). The van der Waals surface area contributed by atoms with E-state index in [-0.39, 0.29) is 6.03 Å². The minimum atomic E-state index is -0.540. The van der Waals surface area contributed by atoms with Crippen LogP contribution in [0.3, 0.4) is 0 Å². The second-order valence-corrected chi connectivity index (χ2v) is 9.28. The van der Waals surface area contributed by atoms with Gasteiger partial charge in [0.25, 0.3) is 0 Å². The van der Waals surface area contributed by atoms with E-state index < -0.39 is 5.54 Å². The first-order valence-corrected chi connectivity index (χ1v) is 11.7. The number of amides is 2. The van der Waals surface area contributed by atoms with Crippen molar-refractivity contribution >= 4 is 28.8 Å². The average Bonchev–Trinajstić information content (AvgIpc) is 2.85. The molecule has 1 saturated heterocycles. The number of aromatic nitrogens is 1. The summed E-state index contributed by atoms with van der Waals surface area (Å²) < 4.78 is 0. The number of pyridine rings is 1. The number of benzene rings is 2. The van der Waals surface area contributed by atoms with Crippen molar-refractivity contribution in [3.63, 3.8) is 0 Å². The summed E-state index contributed by atoms with van der Waals surface area (Å²) in [6.07, 6.45) is 1.72. The topological polar surface area (TPSA) is 60.5 Å². The number of piperazine rings is 1. The SMILES string of the molecule is C=C(C)c1cccc(C(C)(C)NC(=O)Nc2ccc(N3CCN(c4ccccc4)CC3)nc2)c1. The van der Waals surface area contributed by atoms with Crippen molar-refractivity contribution in [2.75, 3.05) is 41.3 Å². The molecular formula is C28H33N5O. The number of anilines is 3. The molecule has 1 fully saturated rings. The van der Waals surface area contributed by atoms with Gasteiger partial charge in [-0.3, -0.25) is 0 Å². The lowest BCUT2D eigenvalue weighted by atomic mass is 9.92. The lowest BCUT2D eigenvalue weighted by molar-refractivity contribution is 0.242. The zero-order chi connectivity index (χ0) is 24.1. The molecule has 34 heavy (non-hydrogen) atoms. The molecule has 1 aliphatic rings. The predicted octanol–water partition coefficient (Wildman–Crippen LogP) is 5.50. The highest BCUT2D eigenvalue weighted by Crippen LogP contribution is 2.24. The maximum Gasteiger partial charge on any atom is 0.319 e. The van der Waals surface area contributed by atoms with Gasteiger partial charge in [0.1, 0.15) is 5.82 Å². The Hall–Kier alpha value is -3.80. The highest BCUT2D eigenvalue weighted by molar-refractivity contribution is 5.89. The molecule has 0 unspecified atom stereocenters. The molecule has 176 valence electrons. The molecule has 2 N–H and O–H groups in total. The van der Waals surface area contributed by atoms with Crippen LogP contribution in [0.25, 0.3) is 5.57 Å².